The second kappa shape index (κ2) is 10.1. The first-order valence-corrected chi connectivity index (χ1v) is 11.1. The fourth-order valence-electron chi connectivity index (χ4n) is 3.77. The minimum absolute atomic E-state index is 0.0244. The van der Waals surface area contributed by atoms with Crippen LogP contribution >= 0.6 is 15.9 Å². The van der Waals surface area contributed by atoms with Crippen molar-refractivity contribution < 1.29 is 19.1 Å². The molecule has 2 aromatic rings. The van der Waals surface area contributed by atoms with Crippen molar-refractivity contribution in [3.05, 3.63) is 58.1 Å². The molecule has 0 bridgehead atoms. The Morgan fingerprint density at radius 2 is 1.93 bits per heavy atom. The van der Waals surface area contributed by atoms with Crippen LogP contribution in [0.5, 0.6) is 11.5 Å². The van der Waals surface area contributed by atoms with Gasteiger partial charge >= 0.3 is 0 Å². The Bertz CT molecular complexity index is 908. The molecule has 0 unspecified atom stereocenters. The summed E-state index contributed by atoms with van der Waals surface area (Å²) in [6.07, 6.45) is 4.40. The first-order chi connectivity index (χ1) is 14.4. The molecule has 2 aromatic carbocycles. The van der Waals surface area contributed by atoms with Crippen molar-refractivity contribution in [2.45, 2.75) is 44.4 Å². The Morgan fingerprint density at radius 3 is 2.57 bits per heavy atom. The number of ketones is 1. The summed E-state index contributed by atoms with van der Waals surface area (Å²) >= 11 is 3.54. The maximum atomic E-state index is 12.3. The maximum absolute atomic E-state index is 12.3. The molecule has 1 saturated carbocycles. The summed E-state index contributed by atoms with van der Waals surface area (Å²) in [4.78, 5) is 23.8. The summed E-state index contributed by atoms with van der Waals surface area (Å²) in [6, 6.07) is 13.5. The minimum Gasteiger partial charge on any atom is -0.493 e. The molecule has 6 heteroatoms. The molecule has 160 valence electrons. The largest absolute Gasteiger partial charge is 0.493 e. The molecule has 1 aliphatic rings. The quantitative estimate of drug-likeness (QED) is 0.386. The van der Waals surface area contributed by atoms with Crippen molar-refractivity contribution in [2.24, 2.45) is 0 Å². The number of halogens is 1. The normalized spacial score (nSPS) is 14.5. The molecule has 0 heterocycles. The van der Waals surface area contributed by atoms with E-state index in [-0.39, 0.29) is 17.1 Å². The van der Waals surface area contributed by atoms with Gasteiger partial charge in [0.1, 0.15) is 0 Å². The SMILES string of the molecule is COc1cc(C(C)=O)ccc1OCCCC(=O)NCC1(c2cccc(Br)c2)CCC1. The number of hydrogen-bond donors (Lipinski definition) is 1. The molecule has 1 aliphatic carbocycles. The smallest absolute Gasteiger partial charge is 0.220 e. The predicted octanol–water partition coefficient (Wildman–Crippen LogP) is 5.06. The van der Waals surface area contributed by atoms with Gasteiger partial charge in [-0.1, -0.05) is 34.5 Å². The number of nitrogens with one attached hydrogen (secondary N) is 1. The number of methoxy groups -OCH3 is 1. The molecular formula is C24H28BrNO4. The highest BCUT2D eigenvalue weighted by Crippen LogP contribution is 2.43. The van der Waals surface area contributed by atoms with Crippen LogP contribution in [0.4, 0.5) is 0 Å². The number of carbonyl (C=O) groups excluding carboxylic acids is 2. The highest BCUT2D eigenvalue weighted by atomic mass is 79.9. The zero-order valence-corrected chi connectivity index (χ0v) is 19.1. The van der Waals surface area contributed by atoms with Crippen LogP contribution in [-0.4, -0.2) is 32.0 Å². The number of ether oxygens (including phenoxy) is 2. The lowest BCUT2D eigenvalue weighted by Gasteiger charge is -2.42. The van der Waals surface area contributed by atoms with Crippen molar-refractivity contribution >= 4 is 27.6 Å². The number of benzene rings is 2. The second-order valence-corrected chi connectivity index (χ2v) is 8.71. The van der Waals surface area contributed by atoms with Crippen LogP contribution in [0.3, 0.4) is 0 Å². The van der Waals surface area contributed by atoms with Crippen molar-refractivity contribution in [1.82, 2.24) is 5.32 Å². The van der Waals surface area contributed by atoms with Crippen LogP contribution in [0, 0.1) is 0 Å². The van der Waals surface area contributed by atoms with E-state index in [4.69, 9.17) is 9.47 Å². The van der Waals surface area contributed by atoms with E-state index in [0.29, 0.717) is 43.1 Å². The van der Waals surface area contributed by atoms with E-state index in [9.17, 15) is 9.59 Å². The molecule has 0 aliphatic heterocycles. The maximum Gasteiger partial charge on any atom is 0.220 e. The fourth-order valence-corrected chi connectivity index (χ4v) is 4.17. The van der Waals surface area contributed by atoms with E-state index in [1.165, 1.54) is 18.9 Å². The third kappa shape index (κ3) is 5.42. The van der Waals surface area contributed by atoms with Crippen LogP contribution in [0.2, 0.25) is 0 Å². The van der Waals surface area contributed by atoms with E-state index in [1.807, 2.05) is 6.07 Å². The van der Waals surface area contributed by atoms with Crippen molar-refractivity contribution in [3.8, 4) is 11.5 Å². The lowest BCUT2D eigenvalue weighted by atomic mass is 9.64. The van der Waals surface area contributed by atoms with Crippen molar-refractivity contribution in [1.29, 1.82) is 0 Å². The predicted molar refractivity (Wildman–Crippen MR) is 120 cm³/mol. The van der Waals surface area contributed by atoms with Gasteiger partial charge in [-0.2, -0.15) is 0 Å². The van der Waals surface area contributed by atoms with Crippen LogP contribution < -0.4 is 14.8 Å². The van der Waals surface area contributed by atoms with Gasteiger partial charge in [0.05, 0.1) is 13.7 Å². The molecule has 1 fully saturated rings. The molecule has 0 spiro atoms. The standard InChI is InChI=1S/C24H28BrNO4/c1-17(27)18-9-10-21(22(14-18)29-2)30-13-4-8-23(28)26-16-24(11-5-12-24)19-6-3-7-20(25)15-19/h3,6-7,9-10,14-15H,4-5,8,11-13,16H2,1-2H3,(H,26,28). The number of hydrogen-bond acceptors (Lipinski definition) is 4. The molecule has 1 amide bonds. The van der Waals surface area contributed by atoms with Gasteiger partial charge in [-0.25, -0.2) is 0 Å². The second-order valence-electron chi connectivity index (χ2n) is 7.79. The van der Waals surface area contributed by atoms with Gasteiger partial charge in [0.15, 0.2) is 17.3 Å². The molecule has 0 saturated heterocycles. The summed E-state index contributed by atoms with van der Waals surface area (Å²) in [7, 11) is 1.54. The van der Waals surface area contributed by atoms with E-state index in [0.717, 1.165) is 17.3 Å². The van der Waals surface area contributed by atoms with Crippen LogP contribution in [0.25, 0.3) is 0 Å². The third-order valence-corrected chi connectivity index (χ3v) is 6.24. The van der Waals surface area contributed by atoms with E-state index in [1.54, 1.807) is 25.3 Å². The first-order valence-electron chi connectivity index (χ1n) is 10.3. The highest BCUT2D eigenvalue weighted by Gasteiger charge is 2.38. The topological polar surface area (TPSA) is 64.6 Å². The summed E-state index contributed by atoms with van der Waals surface area (Å²) in [5, 5.41) is 3.11. The zero-order valence-electron chi connectivity index (χ0n) is 17.5. The number of Topliss-reactive ketones (excluding diaryl/α,β-unsaturated/α-hetero) is 1. The minimum atomic E-state index is -0.0244. The van der Waals surface area contributed by atoms with E-state index < -0.39 is 0 Å². The van der Waals surface area contributed by atoms with Gasteiger partial charge in [0.25, 0.3) is 0 Å². The molecule has 0 radical (unpaired) electrons. The third-order valence-electron chi connectivity index (χ3n) is 5.75. The van der Waals surface area contributed by atoms with Gasteiger partial charge in [-0.3, -0.25) is 9.59 Å². The molecule has 0 aromatic heterocycles. The van der Waals surface area contributed by atoms with Crippen LogP contribution in [0.15, 0.2) is 46.9 Å². The lowest BCUT2D eigenvalue weighted by molar-refractivity contribution is -0.121. The summed E-state index contributed by atoms with van der Waals surface area (Å²) in [5.74, 6) is 1.11. The summed E-state index contributed by atoms with van der Waals surface area (Å²) in [6.45, 7) is 2.59. The Kier molecular flexibility index (Phi) is 7.53. The highest BCUT2D eigenvalue weighted by molar-refractivity contribution is 9.10. The average Bonchev–Trinajstić information content (AvgIpc) is 2.70. The summed E-state index contributed by atoms with van der Waals surface area (Å²) in [5.41, 5.74) is 1.92. The number of amides is 1. The van der Waals surface area contributed by atoms with E-state index in [2.05, 4.69) is 39.4 Å². The monoisotopic (exact) mass is 473 g/mol. The lowest BCUT2D eigenvalue weighted by Crippen LogP contribution is -2.45. The van der Waals surface area contributed by atoms with Gasteiger partial charge in [-0.15, -0.1) is 0 Å². The zero-order chi connectivity index (χ0) is 21.6. The molecule has 0 atom stereocenters. The van der Waals surface area contributed by atoms with Gasteiger partial charge in [-0.05, 0) is 62.1 Å². The van der Waals surface area contributed by atoms with Gasteiger partial charge in [0.2, 0.25) is 5.91 Å². The number of carbonyl (C=O) groups is 2. The van der Waals surface area contributed by atoms with Crippen LogP contribution in [0.1, 0.15) is 54.9 Å². The van der Waals surface area contributed by atoms with Crippen LogP contribution in [-0.2, 0) is 10.2 Å². The molecular weight excluding hydrogens is 446 g/mol. The fraction of sp³-hybridized carbons (Fsp3) is 0.417. The van der Waals surface area contributed by atoms with E-state index >= 15 is 0 Å². The Morgan fingerprint density at radius 1 is 1.13 bits per heavy atom. The molecule has 5 nitrogen and oxygen atoms in total. The molecule has 3 rings (SSSR count). The summed E-state index contributed by atoms with van der Waals surface area (Å²) < 4.78 is 12.1. The number of rotatable bonds is 10. The Labute approximate surface area is 186 Å². The van der Waals surface area contributed by atoms with Gasteiger partial charge < -0.3 is 14.8 Å². The molecule has 1 N–H and O–H groups in total. The average molecular weight is 474 g/mol. The Balaban J connectivity index is 1.45. The van der Waals surface area contributed by atoms with Gasteiger partial charge in [0, 0.05) is 28.4 Å². The van der Waals surface area contributed by atoms with Crippen molar-refractivity contribution in [3.63, 3.8) is 0 Å². The van der Waals surface area contributed by atoms with Crippen molar-refractivity contribution in [2.75, 3.05) is 20.3 Å². The first kappa shape index (κ1) is 22.3. The Hall–Kier alpha value is -2.34. The molecule has 30 heavy (non-hydrogen) atoms.